The van der Waals surface area contributed by atoms with E-state index in [2.05, 4.69) is 21.2 Å². The molecule has 1 N–H and O–H groups in total. The number of halogens is 1. The molecule has 0 bridgehead atoms. The van der Waals surface area contributed by atoms with E-state index in [-0.39, 0.29) is 0 Å². The van der Waals surface area contributed by atoms with Crippen LogP contribution in [0.1, 0.15) is 5.56 Å². The molecule has 1 heterocycles. The first-order valence-electron chi connectivity index (χ1n) is 4.45. The van der Waals surface area contributed by atoms with E-state index in [1.807, 2.05) is 6.07 Å². The maximum absolute atomic E-state index is 11.7. The summed E-state index contributed by atoms with van der Waals surface area (Å²) in [7, 11) is -1.42. The summed E-state index contributed by atoms with van der Waals surface area (Å²) in [6.07, 6.45) is 0. The maximum Gasteiger partial charge on any atom is 0.200 e. The largest absolute Gasteiger partial charge is 0.316 e. The average Bonchev–Trinajstić information content (AvgIpc) is 2.39. The lowest BCUT2D eigenvalue weighted by Gasteiger charge is -2.03. The number of nitrogens with one attached hydrogen (secondary N) is 1. The fourth-order valence-electron chi connectivity index (χ4n) is 1.64. The van der Waals surface area contributed by atoms with Crippen molar-refractivity contribution in [2.75, 3.05) is 13.6 Å². The van der Waals surface area contributed by atoms with Crippen molar-refractivity contribution in [1.82, 2.24) is 5.32 Å². The van der Waals surface area contributed by atoms with Crippen LogP contribution in [0.15, 0.2) is 33.0 Å². The summed E-state index contributed by atoms with van der Waals surface area (Å²) in [6.45, 7) is 0.558. The molecule has 5 heteroatoms. The van der Waals surface area contributed by atoms with Crippen LogP contribution in [0.3, 0.4) is 0 Å². The molecule has 0 fully saturated rings. The molecule has 1 aliphatic rings. The number of hydrogen-bond donors (Lipinski definition) is 1. The van der Waals surface area contributed by atoms with Gasteiger partial charge in [0.1, 0.15) is 0 Å². The van der Waals surface area contributed by atoms with Crippen LogP contribution in [0.25, 0.3) is 5.57 Å². The number of fused-ring (bicyclic) bond motifs is 1. The second kappa shape index (κ2) is 3.73. The highest BCUT2D eigenvalue weighted by Crippen LogP contribution is 2.34. The van der Waals surface area contributed by atoms with Gasteiger partial charge in [-0.05, 0) is 36.4 Å². The Morgan fingerprint density at radius 2 is 2.13 bits per heavy atom. The number of hydrogen-bond acceptors (Lipinski definition) is 3. The molecule has 1 aliphatic heterocycles. The molecule has 1 aromatic carbocycles. The van der Waals surface area contributed by atoms with Gasteiger partial charge in [-0.1, -0.05) is 15.9 Å². The van der Waals surface area contributed by atoms with Gasteiger partial charge in [-0.25, -0.2) is 8.42 Å². The van der Waals surface area contributed by atoms with Crippen molar-refractivity contribution in [2.45, 2.75) is 4.90 Å². The number of likely N-dealkylation sites (N-methyl/N-ethyl adjacent to an activating group) is 1. The topological polar surface area (TPSA) is 46.2 Å². The van der Waals surface area contributed by atoms with Crippen molar-refractivity contribution in [3.05, 3.63) is 33.6 Å². The van der Waals surface area contributed by atoms with E-state index in [9.17, 15) is 8.42 Å². The van der Waals surface area contributed by atoms with Gasteiger partial charge in [0.25, 0.3) is 0 Å². The molecule has 0 unspecified atom stereocenters. The molecule has 80 valence electrons. The lowest BCUT2D eigenvalue weighted by molar-refractivity contribution is 0.605. The van der Waals surface area contributed by atoms with E-state index in [1.54, 1.807) is 19.2 Å². The van der Waals surface area contributed by atoms with Crippen molar-refractivity contribution < 1.29 is 8.42 Å². The van der Waals surface area contributed by atoms with Crippen molar-refractivity contribution in [3.8, 4) is 0 Å². The van der Waals surface area contributed by atoms with E-state index in [1.165, 1.54) is 5.41 Å². The van der Waals surface area contributed by atoms with Crippen molar-refractivity contribution in [2.24, 2.45) is 0 Å². The maximum atomic E-state index is 11.7. The van der Waals surface area contributed by atoms with Crippen LogP contribution in [-0.2, 0) is 9.84 Å². The summed E-state index contributed by atoms with van der Waals surface area (Å²) in [5.74, 6) is 0. The van der Waals surface area contributed by atoms with Crippen molar-refractivity contribution >= 4 is 31.3 Å². The highest BCUT2D eigenvalue weighted by atomic mass is 79.9. The van der Waals surface area contributed by atoms with Gasteiger partial charge in [0.05, 0.1) is 4.90 Å². The SMILES string of the molecule is CNCC1=CS(=O)(=O)c2ccc(Br)cc21. The summed E-state index contributed by atoms with van der Waals surface area (Å²) in [5.41, 5.74) is 1.60. The molecule has 0 radical (unpaired) electrons. The standard InChI is InChI=1S/C10H10BrNO2S/c1-12-5-7-6-15(13,14)10-3-2-8(11)4-9(7)10/h2-4,6,12H,5H2,1H3. The Morgan fingerprint density at radius 3 is 2.80 bits per heavy atom. The normalized spacial score (nSPS) is 17.3. The first-order chi connectivity index (χ1) is 7.04. The molecule has 0 spiro atoms. The van der Waals surface area contributed by atoms with Gasteiger partial charge in [-0.3, -0.25) is 0 Å². The Hall–Kier alpha value is -0.650. The Kier molecular flexibility index (Phi) is 2.70. The predicted molar refractivity (Wildman–Crippen MR) is 63.2 cm³/mol. The monoisotopic (exact) mass is 287 g/mol. The Labute approximate surface area is 97.2 Å². The van der Waals surface area contributed by atoms with Crippen LogP contribution < -0.4 is 5.32 Å². The number of benzene rings is 1. The minimum atomic E-state index is -3.22. The van der Waals surface area contributed by atoms with Crippen LogP contribution in [-0.4, -0.2) is 22.0 Å². The molecule has 2 rings (SSSR count). The second-order valence-electron chi connectivity index (χ2n) is 3.36. The molecule has 3 nitrogen and oxygen atoms in total. The smallest absolute Gasteiger partial charge is 0.200 e. The lowest BCUT2D eigenvalue weighted by Crippen LogP contribution is -2.08. The first-order valence-corrected chi connectivity index (χ1v) is 6.79. The number of sulfone groups is 1. The van der Waals surface area contributed by atoms with Gasteiger partial charge in [-0.2, -0.15) is 0 Å². The van der Waals surface area contributed by atoms with Gasteiger partial charge in [-0.15, -0.1) is 0 Å². The first kappa shape index (κ1) is 10.9. The summed E-state index contributed by atoms with van der Waals surface area (Å²) < 4.78 is 24.3. The minimum Gasteiger partial charge on any atom is -0.316 e. The molecule has 0 aliphatic carbocycles. The summed E-state index contributed by atoms with van der Waals surface area (Å²) in [6, 6.07) is 5.21. The molecular formula is C10H10BrNO2S. The predicted octanol–water partition coefficient (Wildman–Crippen LogP) is 1.80. The molecule has 1 aromatic rings. The molecule has 15 heavy (non-hydrogen) atoms. The van der Waals surface area contributed by atoms with E-state index < -0.39 is 9.84 Å². The summed E-state index contributed by atoms with van der Waals surface area (Å²) >= 11 is 3.34. The fourth-order valence-corrected chi connectivity index (χ4v) is 3.47. The second-order valence-corrected chi connectivity index (χ2v) is 6.04. The molecular weight excluding hydrogens is 278 g/mol. The molecule has 0 aromatic heterocycles. The van der Waals surface area contributed by atoms with E-state index in [0.717, 1.165) is 15.6 Å². The summed E-state index contributed by atoms with van der Waals surface area (Å²) in [5, 5.41) is 4.29. The molecule has 0 saturated heterocycles. The van der Waals surface area contributed by atoms with Crippen LogP contribution >= 0.6 is 15.9 Å². The highest BCUT2D eigenvalue weighted by Gasteiger charge is 2.26. The van der Waals surface area contributed by atoms with Gasteiger partial charge in [0.15, 0.2) is 0 Å². The summed E-state index contributed by atoms with van der Waals surface area (Å²) in [4.78, 5) is 0.399. The third-order valence-corrected chi connectivity index (χ3v) is 4.32. The molecule has 0 saturated carbocycles. The zero-order valence-electron chi connectivity index (χ0n) is 8.12. The van der Waals surface area contributed by atoms with Gasteiger partial charge < -0.3 is 5.32 Å². The number of rotatable bonds is 2. The average molecular weight is 288 g/mol. The van der Waals surface area contributed by atoms with Crippen molar-refractivity contribution in [3.63, 3.8) is 0 Å². The minimum absolute atomic E-state index is 0.399. The Balaban J connectivity index is 2.63. The van der Waals surface area contributed by atoms with Crippen LogP contribution in [0.4, 0.5) is 0 Å². The van der Waals surface area contributed by atoms with Gasteiger partial charge in [0, 0.05) is 16.4 Å². The highest BCUT2D eigenvalue weighted by molar-refractivity contribution is 9.10. The fraction of sp³-hybridized carbons (Fsp3) is 0.200. The van der Waals surface area contributed by atoms with Crippen molar-refractivity contribution in [1.29, 1.82) is 0 Å². The Bertz CT molecular complexity index is 534. The van der Waals surface area contributed by atoms with Crippen LogP contribution in [0.5, 0.6) is 0 Å². The Morgan fingerprint density at radius 1 is 1.40 bits per heavy atom. The molecule has 0 atom stereocenters. The van der Waals surface area contributed by atoms with Crippen LogP contribution in [0, 0.1) is 0 Å². The third-order valence-electron chi connectivity index (χ3n) is 2.26. The van der Waals surface area contributed by atoms with Crippen LogP contribution in [0.2, 0.25) is 0 Å². The molecule has 0 amide bonds. The van der Waals surface area contributed by atoms with E-state index >= 15 is 0 Å². The lowest BCUT2D eigenvalue weighted by atomic mass is 10.1. The zero-order valence-corrected chi connectivity index (χ0v) is 10.5. The van der Waals surface area contributed by atoms with E-state index in [0.29, 0.717) is 11.4 Å². The third kappa shape index (κ3) is 1.87. The zero-order chi connectivity index (χ0) is 11.1. The quantitative estimate of drug-likeness (QED) is 0.902. The van der Waals surface area contributed by atoms with Gasteiger partial charge >= 0.3 is 0 Å². The van der Waals surface area contributed by atoms with Gasteiger partial charge in [0.2, 0.25) is 9.84 Å². The van der Waals surface area contributed by atoms with E-state index in [4.69, 9.17) is 0 Å².